The van der Waals surface area contributed by atoms with Gasteiger partial charge >= 0.3 is 0 Å². The summed E-state index contributed by atoms with van der Waals surface area (Å²) in [6.07, 6.45) is 2.18. The van der Waals surface area contributed by atoms with Gasteiger partial charge in [0.2, 0.25) is 5.91 Å². The molecule has 3 rings (SSSR count). The Morgan fingerprint density at radius 3 is 2.92 bits per heavy atom. The summed E-state index contributed by atoms with van der Waals surface area (Å²) in [4.78, 5) is 18.3. The topological polar surface area (TPSA) is 97.2 Å². The number of hydrogen-bond acceptors (Lipinski definition) is 6. The third-order valence-corrected chi connectivity index (χ3v) is 6.12. The standard InChI is InChI=1S/C15H21N5O3S/c1-10-13-6-11(7-16-15(13)20(3)18-10)17-14(21)8-19(2)12-4-5-24(22,23)9-12/h6-7,12H,4-5,8-9H2,1-3H3,(H,17,21)/t12-/m1/s1. The van der Waals surface area contributed by atoms with E-state index in [9.17, 15) is 13.2 Å². The van der Waals surface area contributed by atoms with Crippen molar-refractivity contribution in [3.05, 3.63) is 18.0 Å². The number of pyridine rings is 1. The van der Waals surface area contributed by atoms with Crippen LogP contribution in [0.4, 0.5) is 5.69 Å². The number of sulfone groups is 1. The Labute approximate surface area is 140 Å². The number of hydrogen-bond donors (Lipinski definition) is 1. The van der Waals surface area contributed by atoms with E-state index in [1.807, 2.05) is 20.0 Å². The van der Waals surface area contributed by atoms with E-state index in [1.165, 1.54) is 0 Å². The molecule has 1 amide bonds. The Balaban J connectivity index is 1.65. The number of aromatic nitrogens is 3. The third kappa shape index (κ3) is 3.41. The van der Waals surface area contributed by atoms with Crippen LogP contribution in [0.3, 0.4) is 0 Å². The predicted octanol–water partition coefficient (Wildman–Crippen LogP) is 0.334. The van der Waals surface area contributed by atoms with Gasteiger partial charge in [-0.2, -0.15) is 5.10 Å². The lowest BCUT2D eigenvalue weighted by molar-refractivity contribution is -0.117. The van der Waals surface area contributed by atoms with E-state index >= 15 is 0 Å². The van der Waals surface area contributed by atoms with Crippen LogP contribution < -0.4 is 5.32 Å². The number of carbonyl (C=O) groups excluding carboxylic acids is 1. The van der Waals surface area contributed by atoms with Gasteiger partial charge in [-0.1, -0.05) is 0 Å². The van der Waals surface area contributed by atoms with Crippen molar-refractivity contribution in [3.63, 3.8) is 0 Å². The summed E-state index contributed by atoms with van der Waals surface area (Å²) in [7, 11) is 0.646. The lowest BCUT2D eigenvalue weighted by Crippen LogP contribution is -2.38. The molecule has 1 atom stereocenters. The monoisotopic (exact) mass is 351 g/mol. The van der Waals surface area contributed by atoms with Crippen LogP contribution in [0.5, 0.6) is 0 Å². The number of likely N-dealkylation sites (N-methyl/N-ethyl adjacent to an activating group) is 1. The first-order chi connectivity index (χ1) is 11.2. The molecule has 8 nitrogen and oxygen atoms in total. The number of anilines is 1. The van der Waals surface area contributed by atoms with Crippen LogP contribution in [0.1, 0.15) is 12.1 Å². The molecule has 24 heavy (non-hydrogen) atoms. The highest BCUT2D eigenvalue weighted by molar-refractivity contribution is 7.91. The minimum atomic E-state index is -2.95. The van der Waals surface area contributed by atoms with Gasteiger partial charge in [-0.15, -0.1) is 0 Å². The van der Waals surface area contributed by atoms with Crippen LogP contribution in [-0.4, -0.2) is 65.1 Å². The first-order valence-corrected chi connectivity index (χ1v) is 9.57. The summed E-state index contributed by atoms with van der Waals surface area (Å²) < 4.78 is 24.8. The van der Waals surface area contributed by atoms with Gasteiger partial charge in [0.1, 0.15) is 0 Å². The van der Waals surface area contributed by atoms with E-state index < -0.39 is 9.84 Å². The highest BCUT2D eigenvalue weighted by Crippen LogP contribution is 2.20. The van der Waals surface area contributed by atoms with Crippen molar-refractivity contribution in [1.29, 1.82) is 0 Å². The number of fused-ring (bicyclic) bond motifs is 1. The summed E-state index contributed by atoms with van der Waals surface area (Å²) in [6.45, 7) is 2.04. The smallest absolute Gasteiger partial charge is 0.238 e. The first-order valence-electron chi connectivity index (χ1n) is 7.75. The molecule has 0 bridgehead atoms. The zero-order valence-corrected chi connectivity index (χ0v) is 14.8. The molecule has 0 unspecified atom stereocenters. The average molecular weight is 351 g/mol. The number of amides is 1. The summed E-state index contributed by atoms with van der Waals surface area (Å²) >= 11 is 0. The van der Waals surface area contributed by atoms with Crippen molar-refractivity contribution in [1.82, 2.24) is 19.7 Å². The molecule has 3 heterocycles. The van der Waals surface area contributed by atoms with Crippen LogP contribution in [0.25, 0.3) is 11.0 Å². The van der Waals surface area contributed by atoms with Gasteiger partial charge in [0, 0.05) is 18.5 Å². The second kappa shape index (κ2) is 6.14. The largest absolute Gasteiger partial charge is 0.324 e. The van der Waals surface area contributed by atoms with E-state index in [-0.39, 0.29) is 30.0 Å². The molecule has 0 spiro atoms. The van der Waals surface area contributed by atoms with E-state index in [4.69, 9.17) is 0 Å². The number of nitrogens with zero attached hydrogens (tertiary/aromatic N) is 4. The van der Waals surface area contributed by atoms with Crippen LogP contribution in [0.2, 0.25) is 0 Å². The fourth-order valence-electron chi connectivity index (χ4n) is 3.06. The lowest BCUT2D eigenvalue weighted by Gasteiger charge is -2.22. The Bertz CT molecular complexity index is 890. The molecule has 0 aliphatic carbocycles. The van der Waals surface area contributed by atoms with Crippen molar-refractivity contribution in [2.45, 2.75) is 19.4 Å². The molecule has 1 fully saturated rings. The molecule has 2 aromatic rings. The van der Waals surface area contributed by atoms with Crippen LogP contribution >= 0.6 is 0 Å². The molecule has 0 radical (unpaired) electrons. The summed E-state index contributed by atoms with van der Waals surface area (Å²) in [5.41, 5.74) is 2.22. The maximum atomic E-state index is 12.2. The highest BCUT2D eigenvalue weighted by Gasteiger charge is 2.31. The molecule has 2 aromatic heterocycles. The van der Waals surface area contributed by atoms with Crippen molar-refractivity contribution in [2.24, 2.45) is 7.05 Å². The van der Waals surface area contributed by atoms with Crippen molar-refractivity contribution in [2.75, 3.05) is 30.4 Å². The van der Waals surface area contributed by atoms with Gasteiger partial charge in [0.15, 0.2) is 15.5 Å². The molecule has 9 heteroatoms. The molecule has 1 saturated heterocycles. The second-order valence-corrected chi connectivity index (χ2v) is 8.55. The molecular weight excluding hydrogens is 330 g/mol. The van der Waals surface area contributed by atoms with Gasteiger partial charge in [-0.25, -0.2) is 13.4 Å². The molecule has 0 aromatic carbocycles. The Morgan fingerprint density at radius 1 is 1.50 bits per heavy atom. The van der Waals surface area contributed by atoms with E-state index in [2.05, 4.69) is 15.4 Å². The van der Waals surface area contributed by atoms with Crippen molar-refractivity contribution in [3.8, 4) is 0 Å². The number of nitrogens with one attached hydrogen (secondary N) is 1. The Hall–Kier alpha value is -2.00. The molecule has 1 N–H and O–H groups in total. The molecule has 0 saturated carbocycles. The van der Waals surface area contributed by atoms with Crippen LogP contribution in [0.15, 0.2) is 12.3 Å². The van der Waals surface area contributed by atoms with Crippen molar-refractivity contribution < 1.29 is 13.2 Å². The number of rotatable bonds is 4. The zero-order chi connectivity index (χ0) is 17.5. The Kier molecular flexibility index (Phi) is 4.31. The normalized spacial score (nSPS) is 19.9. The van der Waals surface area contributed by atoms with Gasteiger partial charge < -0.3 is 5.32 Å². The van der Waals surface area contributed by atoms with Gasteiger partial charge in [-0.05, 0) is 26.5 Å². The van der Waals surface area contributed by atoms with Crippen molar-refractivity contribution >= 4 is 32.5 Å². The minimum Gasteiger partial charge on any atom is -0.324 e. The predicted molar refractivity (Wildman–Crippen MR) is 91.6 cm³/mol. The quantitative estimate of drug-likeness (QED) is 0.853. The first kappa shape index (κ1) is 16.8. The molecule has 130 valence electrons. The lowest BCUT2D eigenvalue weighted by atomic mass is 10.2. The fraction of sp³-hybridized carbons (Fsp3) is 0.533. The molecular formula is C15H21N5O3S. The number of aryl methyl sites for hydroxylation is 2. The average Bonchev–Trinajstić information content (AvgIpc) is 2.99. The summed E-state index contributed by atoms with van der Waals surface area (Å²) in [6, 6.07) is 1.75. The zero-order valence-electron chi connectivity index (χ0n) is 14.0. The number of carbonyl (C=O) groups is 1. The molecule has 1 aliphatic heterocycles. The van der Waals surface area contributed by atoms with Crippen LogP contribution in [0, 0.1) is 6.92 Å². The van der Waals surface area contributed by atoms with Crippen LogP contribution in [-0.2, 0) is 21.7 Å². The maximum absolute atomic E-state index is 12.2. The highest BCUT2D eigenvalue weighted by atomic mass is 32.2. The maximum Gasteiger partial charge on any atom is 0.238 e. The Morgan fingerprint density at radius 2 is 2.25 bits per heavy atom. The third-order valence-electron chi connectivity index (χ3n) is 4.37. The summed E-state index contributed by atoms with van der Waals surface area (Å²) in [5, 5.41) is 8.01. The SMILES string of the molecule is Cc1nn(C)c2ncc(NC(=O)CN(C)[C@@H]3CCS(=O)(=O)C3)cc12. The second-order valence-electron chi connectivity index (χ2n) is 6.32. The van der Waals surface area contributed by atoms with Gasteiger partial charge in [0.25, 0.3) is 0 Å². The molecule has 1 aliphatic rings. The summed E-state index contributed by atoms with van der Waals surface area (Å²) in [5.74, 6) is 0.133. The minimum absolute atomic E-state index is 0.0954. The van der Waals surface area contributed by atoms with Gasteiger partial charge in [0.05, 0.1) is 35.6 Å². The van der Waals surface area contributed by atoms with E-state index in [1.54, 1.807) is 22.8 Å². The van der Waals surface area contributed by atoms with E-state index in [0.717, 1.165) is 16.7 Å². The van der Waals surface area contributed by atoms with Gasteiger partial charge in [-0.3, -0.25) is 14.4 Å². The van der Waals surface area contributed by atoms with E-state index in [0.29, 0.717) is 12.1 Å². The fourth-order valence-corrected chi connectivity index (χ4v) is 4.86.